The summed E-state index contributed by atoms with van der Waals surface area (Å²) in [4.78, 5) is 25.2. The number of amides is 2. The van der Waals surface area contributed by atoms with Gasteiger partial charge in [-0.1, -0.05) is 0 Å². The number of hydrogen-bond acceptors (Lipinski definition) is 3. The molecule has 0 aromatic rings. The van der Waals surface area contributed by atoms with Gasteiger partial charge in [-0.2, -0.15) is 0 Å². The second-order valence-electron chi connectivity index (χ2n) is 6.34. The Morgan fingerprint density at radius 2 is 1.67 bits per heavy atom. The molecule has 18 heavy (non-hydrogen) atoms. The summed E-state index contributed by atoms with van der Waals surface area (Å²) in [6.45, 7) is 5.59. The van der Waals surface area contributed by atoms with E-state index in [0.717, 1.165) is 12.8 Å². The summed E-state index contributed by atoms with van der Waals surface area (Å²) in [5, 5.41) is 0. The number of rotatable bonds is 1. The van der Waals surface area contributed by atoms with Gasteiger partial charge in [0.1, 0.15) is 5.60 Å². The van der Waals surface area contributed by atoms with Crippen LogP contribution in [0.5, 0.6) is 0 Å². The highest BCUT2D eigenvalue weighted by molar-refractivity contribution is 5.78. The van der Waals surface area contributed by atoms with E-state index < -0.39 is 5.60 Å². The third-order valence-corrected chi connectivity index (χ3v) is 3.74. The second kappa shape index (κ2) is 4.44. The number of piperidine rings is 1. The topological polar surface area (TPSA) is 72.6 Å². The highest BCUT2D eigenvalue weighted by Crippen LogP contribution is 2.39. The lowest BCUT2D eigenvalue weighted by molar-refractivity contribution is -0.124. The Morgan fingerprint density at radius 3 is 2.06 bits per heavy atom. The Morgan fingerprint density at radius 1 is 1.17 bits per heavy atom. The molecule has 2 heterocycles. The minimum absolute atomic E-state index is 0.0822. The van der Waals surface area contributed by atoms with Gasteiger partial charge in [-0.3, -0.25) is 4.79 Å². The van der Waals surface area contributed by atoms with Gasteiger partial charge in [-0.15, -0.1) is 0 Å². The quantitative estimate of drug-likeness (QED) is 0.773. The van der Waals surface area contributed by atoms with Crippen LogP contribution in [0.15, 0.2) is 0 Å². The number of ether oxygens (including phenoxy) is 1. The van der Waals surface area contributed by atoms with Crippen LogP contribution < -0.4 is 5.73 Å². The minimum atomic E-state index is -0.475. The van der Waals surface area contributed by atoms with Crippen LogP contribution in [-0.2, 0) is 9.53 Å². The van der Waals surface area contributed by atoms with Crippen molar-refractivity contribution in [2.45, 2.75) is 64.1 Å². The van der Waals surface area contributed by atoms with E-state index in [0.29, 0.717) is 12.8 Å². The van der Waals surface area contributed by atoms with Crippen molar-refractivity contribution in [1.82, 2.24) is 4.90 Å². The molecule has 5 nitrogen and oxygen atoms in total. The number of fused-ring (bicyclic) bond motifs is 2. The maximum Gasteiger partial charge on any atom is 0.410 e. The van der Waals surface area contributed by atoms with Crippen LogP contribution in [0, 0.1) is 5.92 Å². The SMILES string of the molecule is CC(C)(C)OC(=O)N1[C@@H]2CC[C@H]1CC(C(N)=O)C2. The molecule has 0 aliphatic carbocycles. The van der Waals surface area contributed by atoms with Crippen molar-refractivity contribution in [1.29, 1.82) is 0 Å². The molecule has 0 radical (unpaired) electrons. The molecule has 3 atom stereocenters. The molecule has 2 saturated heterocycles. The van der Waals surface area contributed by atoms with Crippen molar-refractivity contribution < 1.29 is 14.3 Å². The Kier molecular flexibility index (Phi) is 3.25. The molecule has 2 bridgehead atoms. The predicted molar refractivity (Wildman–Crippen MR) is 66.8 cm³/mol. The molecule has 2 fully saturated rings. The molecule has 2 N–H and O–H groups in total. The fourth-order valence-corrected chi connectivity index (χ4v) is 3.02. The van der Waals surface area contributed by atoms with Gasteiger partial charge in [0.05, 0.1) is 0 Å². The van der Waals surface area contributed by atoms with Gasteiger partial charge in [0, 0.05) is 18.0 Å². The van der Waals surface area contributed by atoms with Crippen LogP contribution in [0.4, 0.5) is 4.79 Å². The van der Waals surface area contributed by atoms with E-state index in [4.69, 9.17) is 10.5 Å². The Labute approximate surface area is 108 Å². The van der Waals surface area contributed by atoms with Crippen LogP contribution in [0.1, 0.15) is 46.5 Å². The van der Waals surface area contributed by atoms with Crippen molar-refractivity contribution in [2.75, 3.05) is 0 Å². The fourth-order valence-electron chi connectivity index (χ4n) is 3.02. The van der Waals surface area contributed by atoms with Crippen molar-refractivity contribution in [3.8, 4) is 0 Å². The Balaban J connectivity index is 2.05. The highest BCUT2D eigenvalue weighted by Gasteiger charge is 2.46. The normalized spacial score (nSPS) is 31.3. The first kappa shape index (κ1) is 13.2. The zero-order valence-corrected chi connectivity index (χ0v) is 11.3. The summed E-state index contributed by atoms with van der Waals surface area (Å²) in [5.41, 5.74) is 4.89. The molecule has 5 heteroatoms. The first-order chi connectivity index (χ1) is 8.28. The number of nitrogens with zero attached hydrogens (tertiary/aromatic N) is 1. The second-order valence-corrected chi connectivity index (χ2v) is 6.34. The van der Waals surface area contributed by atoms with E-state index in [-0.39, 0.29) is 30.0 Å². The number of carbonyl (C=O) groups excluding carboxylic acids is 2. The van der Waals surface area contributed by atoms with E-state index in [1.807, 2.05) is 25.7 Å². The van der Waals surface area contributed by atoms with E-state index >= 15 is 0 Å². The first-order valence-corrected chi connectivity index (χ1v) is 6.58. The largest absolute Gasteiger partial charge is 0.444 e. The third kappa shape index (κ3) is 2.60. The number of primary amides is 1. The molecule has 102 valence electrons. The van der Waals surface area contributed by atoms with Gasteiger partial charge in [0.15, 0.2) is 0 Å². The van der Waals surface area contributed by atoms with Gasteiger partial charge < -0.3 is 15.4 Å². The maximum absolute atomic E-state index is 12.1. The molecule has 2 amide bonds. The van der Waals surface area contributed by atoms with Gasteiger partial charge in [0.2, 0.25) is 5.91 Å². The van der Waals surface area contributed by atoms with Crippen LogP contribution in [0.2, 0.25) is 0 Å². The molecule has 2 aliphatic heterocycles. The average Bonchev–Trinajstić information content (AvgIpc) is 2.47. The van der Waals surface area contributed by atoms with E-state index in [2.05, 4.69) is 0 Å². The molecule has 0 aromatic carbocycles. The summed E-state index contributed by atoms with van der Waals surface area (Å²) in [5.74, 6) is -0.322. The standard InChI is InChI=1S/C13H22N2O3/c1-13(2,3)18-12(17)15-9-4-5-10(15)7-8(6-9)11(14)16/h8-10H,4-7H2,1-3H3,(H2,14,16)/t8?,9-,10+. The monoisotopic (exact) mass is 254 g/mol. The molecular weight excluding hydrogens is 232 g/mol. The van der Waals surface area contributed by atoms with E-state index in [9.17, 15) is 9.59 Å². The van der Waals surface area contributed by atoms with Crippen molar-refractivity contribution in [2.24, 2.45) is 11.7 Å². The van der Waals surface area contributed by atoms with Crippen LogP contribution in [-0.4, -0.2) is 34.6 Å². The Bertz CT molecular complexity index is 348. The lowest BCUT2D eigenvalue weighted by atomic mass is 9.90. The van der Waals surface area contributed by atoms with Crippen molar-refractivity contribution >= 4 is 12.0 Å². The highest BCUT2D eigenvalue weighted by atomic mass is 16.6. The molecule has 1 unspecified atom stereocenters. The lowest BCUT2D eigenvalue weighted by Gasteiger charge is -2.38. The van der Waals surface area contributed by atoms with E-state index in [1.54, 1.807) is 0 Å². The molecule has 0 aromatic heterocycles. The Hall–Kier alpha value is -1.26. The molecule has 2 aliphatic rings. The average molecular weight is 254 g/mol. The summed E-state index contributed by atoms with van der Waals surface area (Å²) in [6.07, 6.45) is 3.02. The smallest absolute Gasteiger partial charge is 0.410 e. The zero-order valence-electron chi connectivity index (χ0n) is 11.3. The third-order valence-electron chi connectivity index (χ3n) is 3.74. The molecular formula is C13H22N2O3. The number of hydrogen-bond donors (Lipinski definition) is 1. The van der Waals surface area contributed by atoms with Crippen molar-refractivity contribution in [3.05, 3.63) is 0 Å². The summed E-state index contributed by atoms with van der Waals surface area (Å²) in [7, 11) is 0. The fraction of sp³-hybridized carbons (Fsp3) is 0.846. The molecule has 2 rings (SSSR count). The van der Waals surface area contributed by atoms with Crippen LogP contribution >= 0.6 is 0 Å². The number of nitrogens with two attached hydrogens (primary N) is 1. The number of carbonyl (C=O) groups is 2. The lowest BCUT2D eigenvalue weighted by Crippen LogP contribution is -2.50. The molecule has 0 spiro atoms. The maximum atomic E-state index is 12.1. The molecule has 0 saturated carbocycles. The zero-order chi connectivity index (χ0) is 13.5. The van der Waals surface area contributed by atoms with Gasteiger partial charge in [-0.05, 0) is 46.5 Å². The van der Waals surface area contributed by atoms with Crippen LogP contribution in [0.3, 0.4) is 0 Å². The summed E-state index contributed by atoms with van der Waals surface area (Å²) in [6, 6.07) is 0.243. The van der Waals surface area contributed by atoms with E-state index in [1.165, 1.54) is 0 Å². The van der Waals surface area contributed by atoms with Gasteiger partial charge in [-0.25, -0.2) is 4.79 Å². The summed E-state index contributed by atoms with van der Waals surface area (Å²) < 4.78 is 5.42. The first-order valence-electron chi connectivity index (χ1n) is 6.58. The van der Waals surface area contributed by atoms with Gasteiger partial charge >= 0.3 is 6.09 Å². The van der Waals surface area contributed by atoms with Crippen molar-refractivity contribution in [3.63, 3.8) is 0 Å². The minimum Gasteiger partial charge on any atom is -0.444 e. The predicted octanol–water partition coefficient (Wildman–Crippen LogP) is 1.65. The van der Waals surface area contributed by atoms with Crippen LogP contribution in [0.25, 0.3) is 0 Å². The summed E-state index contributed by atoms with van der Waals surface area (Å²) >= 11 is 0. The van der Waals surface area contributed by atoms with Gasteiger partial charge in [0.25, 0.3) is 0 Å².